The van der Waals surface area contributed by atoms with Crippen molar-refractivity contribution < 1.29 is 9.47 Å². The van der Waals surface area contributed by atoms with E-state index in [2.05, 4.69) is 24.4 Å². The highest BCUT2D eigenvalue weighted by atomic mass is 35.5. The minimum absolute atomic E-state index is 0.420. The van der Waals surface area contributed by atoms with E-state index in [4.69, 9.17) is 32.7 Å². The van der Waals surface area contributed by atoms with E-state index >= 15 is 0 Å². The van der Waals surface area contributed by atoms with E-state index in [1.54, 1.807) is 7.11 Å². The third-order valence-electron chi connectivity index (χ3n) is 4.15. The lowest BCUT2D eigenvalue weighted by molar-refractivity contribution is 0.306. The Morgan fingerprint density at radius 1 is 0.852 bits per heavy atom. The fourth-order valence-electron chi connectivity index (χ4n) is 2.61. The highest BCUT2D eigenvalue weighted by Gasteiger charge is 2.10. The number of hydrogen-bond acceptors (Lipinski definition) is 3. The zero-order valence-corrected chi connectivity index (χ0v) is 16.8. The quantitative estimate of drug-likeness (QED) is 0.489. The molecule has 27 heavy (non-hydrogen) atoms. The summed E-state index contributed by atoms with van der Waals surface area (Å²) in [4.78, 5) is 0. The van der Waals surface area contributed by atoms with Gasteiger partial charge in [0, 0.05) is 12.2 Å². The zero-order valence-electron chi connectivity index (χ0n) is 15.3. The third-order valence-corrected chi connectivity index (χ3v) is 4.71. The van der Waals surface area contributed by atoms with Crippen LogP contribution in [0.2, 0.25) is 10.0 Å². The first-order valence-corrected chi connectivity index (χ1v) is 9.35. The number of methoxy groups -OCH3 is 1. The summed E-state index contributed by atoms with van der Waals surface area (Å²) in [5, 5.41) is 4.34. The molecule has 0 spiro atoms. The fraction of sp³-hybridized carbons (Fsp3) is 0.182. The molecule has 0 aromatic heterocycles. The molecule has 3 aromatic carbocycles. The van der Waals surface area contributed by atoms with Crippen LogP contribution in [0.5, 0.6) is 11.5 Å². The molecule has 0 heterocycles. The Hall–Kier alpha value is -2.36. The predicted molar refractivity (Wildman–Crippen MR) is 112 cm³/mol. The van der Waals surface area contributed by atoms with E-state index in [1.165, 1.54) is 5.56 Å². The Bertz CT molecular complexity index is 870. The van der Waals surface area contributed by atoms with Crippen molar-refractivity contribution in [2.45, 2.75) is 20.1 Å². The van der Waals surface area contributed by atoms with Gasteiger partial charge in [0.25, 0.3) is 0 Å². The number of ether oxygens (including phenoxy) is 2. The van der Waals surface area contributed by atoms with Gasteiger partial charge in [0.1, 0.15) is 12.4 Å². The van der Waals surface area contributed by atoms with Gasteiger partial charge < -0.3 is 14.8 Å². The lowest BCUT2D eigenvalue weighted by Crippen LogP contribution is -2.01. The fourth-order valence-corrected chi connectivity index (χ4v) is 3.25. The highest BCUT2D eigenvalue weighted by Crippen LogP contribution is 2.35. The Morgan fingerprint density at radius 3 is 2.07 bits per heavy atom. The molecule has 0 radical (unpaired) electrons. The summed E-state index contributed by atoms with van der Waals surface area (Å²) in [6, 6.07) is 19.6. The Labute approximate surface area is 169 Å². The van der Waals surface area contributed by atoms with E-state index in [9.17, 15) is 0 Å². The van der Waals surface area contributed by atoms with Crippen LogP contribution in [-0.2, 0) is 13.2 Å². The molecular formula is C22H21Cl2NO2. The maximum Gasteiger partial charge on any atom is 0.156 e. The van der Waals surface area contributed by atoms with E-state index in [0.717, 1.165) is 22.6 Å². The molecule has 0 saturated heterocycles. The first-order valence-electron chi connectivity index (χ1n) is 8.59. The average Bonchev–Trinajstić information content (AvgIpc) is 2.67. The normalized spacial score (nSPS) is 10.5. The topological polar surface area (TPSA) is 30.5 Å². The summed E-state index contributed by atoms with van der Waals surface area (Å²) >= 11 is 12.8. The predicted octanol–water partition coefficient (Wildman–Crippen LogP) is 6.50. The number of aryl methyl sites for hydroxylation is 1. The lowest BCUT2D eigenvalue weighted by atomic mass is 10.1. The van der Waals surface area contributed by atoms with Gasteiger partial charge in [-0.05, 0) is 54.4 Å². The summed E-state index contributed by atoms with van der Waals surface area (Å²) in [6.45, 7) is 3.07. The van der Waals surface area contributed by atoms with E-state index in [1.807, 2.05) is 48.5 Å². The van der Waals surface area contributed by atoms with Crippen molar-refractivity contribution in [1.29, 1.82) is 0 Å². The average molecular weight is 402 g/mol. The van der Waals surface area contributed by atoms with Gasteiger partial charge >= 0.3 is 0 Å². The zero-order chi connectivity index (χ0) is 19.2. The lowest BCUT2D eigenvalue weighted by Gasteiger charge is -2.13. The molecule has 0 saturated carbocycles. The molecular weight excluding hydrogens is 381 g/mol. The number of benzene rings is 3. The van der Waals surface area contributed by atoms with Crippen LogP contribution in [0.25, 0.3) is 0 Å². The number of rotatable bonds is 7. The Morgan fingerprint density at radius 2 is 1.48 bits per heavy atom. The second kappa shape index (κ2) is 9.03. The summed E-state index contributed by atoms with van der Waals surface area (Å²) in [7, 11) is 1.65. The molecule has 0 aliphatic rings. The van der Waals surface area contributed by atoms with Crippen molar-refractivity contribution in [2.75, 3.05) is 12.4 Å². The third kappa shape index (κ3) is 5.31. The van der Waals surface area contributed by atoms with Gasteiger partial charge in [-0.1, -0.05) is 53.0 Å². The summed E-state index contributed by atoms with van der Waals surface area (Å²) in [6.07, 6.45) is 0. The second-order valence-corrected chi connectivity index (χ2v) is 7.06. The number of halogens is 2. The van der Waals surface area contributed by atoms with Crippen molar-refractivity contribution in [3.05, 3.63) is 87.4 Å². The molecule has 5 heteroatoms. The van der Waals surface area contributed by atoms with Gasteiger partial charge in [-0.2, -0.15) is 0 Å². The molecule has 0 aliphatic carbocycles. The van der Waals surface area contributed by atoms with Crippen molar-refractivity contribution in [3.8, 4) is 11.5 Å². The molecule has 3 rings (SSSR count). The van der Waals surface area contributed by atoms with Gasteiger partial charge in [-0.3, -0.25) is 0 Å². The summed E-state index contributed by atoms with van der Waals surface area (Å²) in [5.74, 6) is 1.33. The monoisotopic (exact) mass is 401 g/mol. The summed E-state index contributed by atoms with van der Waals surface area (Å²) in [5.41, 5.74) is 4.24. The Balaban J connectivity index is 1.63. The van der Waals surface area contributed by atoms with Gasteiger partial charge in [0.05, 0.1) is 17.2 Å². The molecule has 140 valence electrons. The highest BCUT2D eigenvalue weighted by molar-refractivity contribution is 6.37. The molecule has 0 atom stereocenters. The van der Waals surface area contributed by atoms with Crippen LogP contribution in [0.4, 0.5) is 5.69 Å². The minimum atomic E-state index is 0.420. The van der Waals surface area contributed by atoms with Crippen molar-refractivity contribution >= 4 is 28.9 Å². The smallest absolute Gasteiger partial charge is 0.156 e. The first kappa shape index (κ1) is 19.4. The number of anilines is 1. The van der Waals surface area contributed by atoms with Crippen LogP contribution in [-0.4, -0.2) is 7.11 Å². The van der Waals surface area contributed by atoms with Gasteiger partial charge in [0.15, 0.2) is 5.75 Å². The maximum atomic E-state index is 6.39. The minimum Gasteiger partial charge on any atom is -0.497 e. The van der Waals surface area contributed by atoms with Crippen molar-refractivity contribution in [3.63, 3.8) is 0 Å². The Kier molecular flexibility index (Phi) is 6.49. The van der Waals surface area contributed by atoms with E-state index < -0.39 is 0 Å². The standard InChI is InChI=1S/C22H21Cl2NO2/c1-15-3-5-16(6-4-15)14-27-22-20(23)11-17(12-21(22)24)13-25-18-7-9-19(26-2)10-8-18/h3-12,25H,13-14H2,1-2H3. The van der Waals surface area contributed by atoms with Crippen molar-refractivity contribution in [2.24, 2.45) is 0 Å². The molecule has 3 nitrogen and oxygen atoms in total. The SMILES string of the molecule is COc1ccc(NCc2cc(Cl)c(OCc3ccc(C)cc3)c(Cl)c2)cc1. The van der Waals surface area contributed by atoms with Crippen LogP contribution < -0.4 is 14.8 Å². The van der Waals surface area contributed by atoms with E-state index in [-0.39, 0.29) is 0 Å². The van der Waals surface area contributed by atoms with Crippen LogP contribution in [0.3, 0.4) is 0 Å². The van der Waals surface area contributed by atoms with Crippen LogP contribution in [0.1, 0.15) is 16.7 Å². The maximum absolute atomic E-state index is 6.39. The molecule has 3 aromatic rings. The molecule has 0 unspecified atom stereocenters. The molecule has 0 bridgehead atoms. The van der Waals surface area contributed by atoms with Crippen molar-refractivity contribution in [1.82, 2.24) is 0 Å². The van der Waals surface area contributed by atoms with E-state index in [0.29, 0.717) is 28.9 Å². The molecule has 0 amide bonds. The van der Waals surface area contributed by atoms with Crippen LogP contribution in [0.15, 0.2) is 60.7 Å². The second-order valence-electron chi connectivity index (χ2n) is 6.24. The van der Waals surface area contributed by atoms with Crippen LogP contribution >= 0.6 is 23.2 Å². The first-order chi connectivity index (χ1) is 13.0. The number of hydrogen-bond donors (Lipinski definition) is 1. The molecule has 1 N–H and O–H groups in total. The number of nitrogens with one attached hydrogen (secondary N) is 1. The van der Waals surface area contributed by atoms with Gasteiger partial charge in [-0.15, -0.1) is 0 Å². The molecule has 0 aliphatic heterocycles. The summed E-state index contributed by atoms with van der Waals surface area (Å²) < 4.78 is 11.0. The van der Waals surface area contributed by atoms with Gasteiger partial charge in [0.2, 0.25) is 0 Å². The largest absolute Gasteiger partial charge is 0.497 e. The van der Waals surface area contributed by atoms with Gasteiger partial charge in [-0.25, -0.2) is 0 Å². The molecule has 0 fully saturated rings. The van der Waals surface area contributed by atoms with Crippen LogP contribution in [0, 0.1) is 6.92 Å².